The first kappa shape index (κ1) is 36.2. The van der Waals surface area contributed by atoms with Crippen molar-refractivity contribution in [2.45, 2.75) is 164 Å². The molecule has 0 unspecified atom stereocenters. The van der Waals surface area contributed by atoms with Gasteiger partial charge in [-0.15, -0.1) is 0 Å². The topological polar surface area (TPSA) is 239 Å². The summed E-state index contributed by atoms with van der Waals surface area (Å²) in [6, 6.07) is 0. The molecule has 2 aliphatic heterocycles. The summed E-state index contributed by atoms with van der Waals surface area (Å²) in [5.41, 5.74) is -2.63. The van der Waals surface area contributed by atoms with Crippen molar-refractivity contribution in [2.24, 2.45) is 34.5 Å². The number of rotatable bonds is 6. The van der Waals surface area contributed by atoms with Crippen molar-refractivity contribution in [2.75, 3.05) is 6.61 Å². The highest BCUT2D eigenvalue weighted by Gasteiger charge is 2.73. The minimum atomic E-state index is -1.68. The molecular weight excluding hydrogens is 620 g/mol. The zero-order valence-corrected chi connectivity index (χ0v) is 27.7. The van der Waals surface area contributed by atoms with Gasteiger partial charge in [0.25, 0.3) is 0 Å². The van der Waals surface area contributed by atoms with Gasteiger partial charge in [0.15, 0.2) is 12.6 Å². The Balaban J connectivity index is 1.11. The number of hydrogen-bond acceptors (Lipinski definition) is 14. The largest absolute Gasteiger partial charge is 0.394 e. The van der Waals surface area contributed by atoms with Gasteiger partial charge in [0.05, 0.1) is 42.7 Å². The van der Waals surface area contributed by atoms with E-state index in [9.17, 15) is 51.1 Å². The molecule has 47 heavy (non-hydrogen) atoms. The first-order chi connectivity index (χ1) is 22.0. The van der Waals surface area contributed by atoms with Gasteiger partial charge in [0.1, 0.15) is 42.7 Å². The molecule has 272 valence electrons. The quantitative estimate of drug-likeness (QED) is 0.139. The van der Waals surface area contributed by atoms with Crippen molar-refractivity contribution >= 4 is 0 Å². The van der Waals surface area contributed by atoms with Crippen LogP contribution in [0.25, 0.3) is 0 Å². The summed E-state index contributed by atoms with van der Waals surface area (Å²) in [5.74, 6) is -0.804. The summed E-state index contributed by atoms with van der Waals surface area (Å²) >= 11 is 0. The maximum atomic E-state index is 12.3. The summed E-state index contributed by atoms with van der Waals surface area (Å²) < 4.78 is 23.4. The van der Waals surface area contributed by atoms with E-state index in [4.69, 9.17) is 18.9 Å². The Labute approximate surface area is 275 Å². The third kappa shape index (κ3) is 5.45. The average Bonchev–Trinajstić information content (AvgIpc) is 3.32. The summed E-state index contributed by atoms with van der Waals surface area (Å²) in [5, 5.41) is 108. The Kier molecular flexibility index (Phi) is 9.94. The number of aliphatic hydroxyl groups excluding tert-OH is 9. The van der Waals surface area contributed by atoms with Gasteiger partial charge in [-0.25, -0.2) is 0 Å². The lowest BCUT2D eigenvalue weighted by molar-refractivity contribution is -0.360. The van der Waals surface area contributed by atoms with E-state index in [-0.39, 0.29) is 29.8 Å². The highest BCUT2D eigenvalue weighted by atomic mass is 16.7. The van der Waals surface area contributed by atoms with Crippen molar-refractivity contribution in [3.05, 3.63) is 0 Å². The van der Waals surface area contributed by atoms with Gasteiger partial charge < -0.3 is 70.0 Å². The van der Waals surface area contributed by atoms with Crippen LogP contribution in [0.4, 0.5) is 0 Å². The molecule has 6 aliphatic rings. The molecule has 0 radical (unpaired) electrons. The molecule has 4 aliphatic carbocycles. The van der Waals surface area contributed by atoms with Gasteiger partial charge in [-0.1, -0.05) is 13.8 Å². The number of ether oxygens (including phenoxy) is 4. The lowest BCUT2D eigenvalue weighted by Gasteiger charge is -2.66. The normalized spacial score (nSPS) is 58.7. The second-order valence-electron chi connectivity index (χ2n) is 16.0. The lowest BCUT2D eigenvalue weighted by atomic mass is 9.41. The maximum absolute atomic E-state index is 12.3. The van der Waals surface area contributed by atoms with Crippen molar-refractivity contribution in [3.63, 3.8) is 0 Å². The minimum absolute atomic E-state index is 0.0941. The SMILES string of the molecule is C[C@H](O)[C@H]1CC[C@]2(O)[C@@H]3CC[C@@H]4C[C@@H](O[C@@H]5O[C@@H](C)[C@@H](O[C@H]6O[C@H](CO)[C@@H](O)[C@H](O)[C@H]6O)[C@@H](O)[C@@H]5O)CC[C@]4(C)[C@H]3[C@H](O)[C@@H](O)[C@]12C. The van der Waals surface area contributed by atoms with Crippen LogP contribution in [0.15, 0.2) is 0 Å². The second-order valence-corrected chi connectivity index (χ2v) is 16.0. The van der Waals surface area contributed by atoms with E-state index in [2.05, 4.69) is 6.92 Å². The van der Waals surface area contributed by atoms with Crippen LogP contribution >= 0.6 is 0 Å². The summed E-state index contributed by atoms with van der Waals surface area (Å²) in [6.07, 6.45) is -13.0. The monoisotopic (exact) mass is 676 g/mol. The number of aliphatic hydroxyl groups is 10. The van der Waals surface area contributed by atoms with Gasteiger partial charge in [-0.05, 0) is 87.9 Å². The fourth-order valence-corrected chi connectivity index (χ4v) is 11.0. The number of hydrogen-bond donors (Lipinski definition) is 10. The van der Waals surface area contributed by atoms with Crippen LogP contribution in [0.2, 0.25) is 0 Å². The van der Waals surface area contributed by atoms with Crippen LogP contribution < -0.4 is 0 Å². The molecule has 21 atom stereocenters. The fourth-order valence-electron chi connectivity index (χ4n) is 11.0. The molecule has 2 saturated heterocycles. The molecule has 6 fully saturated rings. The predicted molar refractivity (Wildman–Crippen MR) is 161 cm³/mol. The van der Waals surface area contributed by atoms with E-state index >= 15 is 0 Å². The Bertz CT molecular complexity index is 1110. The smallest absolute Gasteiger partial charge is 0.187 e. The lowest BCUT2D eigenvalue weighted by Crippen LogP contribution is -2.72. The van der Waals surface area contributed by atoms with Crippen LogP contribution in [0.5, 0.6) is 0 Å². The maximum Gasteiger partial charge on any atom is 0.187 e. The van der Waals surface area contributed by atoms with Crippen molar-refractivity contribution in [3.8, 4) is 0 Å². The molecule has 14 nitrogen and oxygen atoms in total. The Hall–Kier alpha value is -0.560. The third-order valence-electron chi connectivity index (χ3n) is 13.8. The molecule has 0 aromatic rings. The second kappa shape index (κ2) is 12.9. The Morgan fingerprint density at radius 3 is 2.11 bits per heavy atom. The van der Waals surface area contributed by atoms with Gasteiger partial charge in [-0.2, -0.15) is 0 Å². The molecular formula is C33H56O14. The molecule has 2 heterocycles. The average molecular weight is 677 g/mol. The van der Waals surface area contributed by atoms with Crippen LogP contribution in [0, 0.1) is 34.5 Å². The van der Waals surface area contributed by atoms with Gasteiger partial charge in [0, 0.05) is 5.41 Å². The standard InChI is InChI=1S/C33H56O14/c1-13(35)17-8-10-33(43)18-6-5-15-11-16(7-9-31(15,3)20(18)22(37)28(42)32(17,33)4)45-29-26(41)24(39)27(14(2)44-29)47-30-25(40)23(38)21(36)19(12-34)46-30/h13-30,34-43H,5-12H2,1-4H3/t13-,14-,15+,16-,17+,18+,19+,20+,21+,22-,23-,24-,25+,26-,27+,28+,29-,30+,31-,32-,33-/m0/s1. The van der Waals surface area contributed by atoms with Crippen LogP contribution in [0.3, 0.4) is 0 Å². The van der Waals surface area contributed by atoms with Crippen molar-refractivity contribution in [1.29, 1.82) is 0 Å². The molecule has 14 heteroatoms. The summed E-state index contributed by atoms with van der Waals surface area (Å²) in [4.78, 5) is 0. The van der Waals surface area contributed by atoms with Crippen molar-refractivity contribution < 1.29 is 70.0 Å². The van der Waals surface area contributed by atoms with Gasteiger partial charge >= 0.3 is 0 Å². The van der Waals surface area contributed by atoms with E-state index in [0.717, 1.165) is 6.42 Å². The molecule has 10 N–H and O–H groups in total. The summed E-state index contributed by atoms with van der Waals surface area (Å²) in [7, 11) is 0. The highest BCUT2D eigenvalue weighted by Crippen LogP contribution is 2.69. The van der Waals surface area contributed by atoms with E-state index in [1.807, 2.05) is 6.92 Å². The van der Waals surface area contributed by atoms with E-state index in [1.54, 1.807) is 13.8 Å². The van der Waals surface area contributed by atoms with Crippen LogP contribution in [-0.4, -0.2) is 149 Å². The molecule has 0 bridgehead atoms. The molecule has 0 aromatic heterocycles. The highest BCUT2D eigenvalue weighted by molar-refractivity contribution is 5.22. The van der Waals surface area contributed by atoms with Gasteiger partial charge in [-0.3, -0.25) is 0 Å². The van der Waals surface area contributed by atoms with Gasteiger partial charge in [0.2, 0.25) is 0 Å². The molecule has 6 rings (SSSR count). The van der Waals surface area contributed by atoms with E-state index in [0.29, 0.717) is 38.5 Å². The molecule has 0 amide bonds. The fraction of sp³-hybridized carbons (Fsp3) is 1.00. The number of fused-ring (bicyclic) bond motifs is 5. The Morgan fingerprint density at radius 1 is 0.787 bits per heavy atom. The Morgan fingerprint density at radius 2 is 1.45 bits per heavy atom. The first-order valence-electron chi connectivity index (χ1n) is 17.4. The van der Waals surface area contributed by atoms with E-state index < -0.39 is 103 Å². The zero-order valence-electron chi connectivity index (χ0n) is 27.7. The summed E-state index contributed by atoms with van der Waals surface area (Å²) in [6.45, 7) is 6.59. The zero-order chi connectivity index (χ0) is 34.4. The minimum Gasteiger partial charge on any atom is -0.394 e. The van der Waals surface area contributed by atoms with Crippen LogP contribution in [-0.2, 0) is 18.9 Å². The predicted octanol–water partition coefficient (Wildman–Crippen LogP) is -1.88. The van der Waals surface area contributed by atoms with Crippen LogP contribution in [0.1, 0.15) is 72.6 Å². The van der Waals surface area contributed by atoms with E-state index in [1.165, 1.54) is 0 Å². The van der Waals surface area contributed by atoms with Crippen molar-refractivity contribution in [1.82, 2.24) is 0 Å². The molecule has 0 aromatic carbocycles. The third-order valence-corrected chi connectivity index (χ3v) is 13.8. The molecule has 0 spiro atoms. The first-order valence-corrected chi connectivity index (χ1v) is 17.4. The molecule has 4 saturated carbocycles.